The van der Waals surface area contributed by atoms with Gasteiger partial charge in [-0.25, -0.2) is 4.79 Å². The van der Waals surface area contributed by atoms with Crippen LogP contribution in [0.3, 0.4) is 0 Å². The van der Waals surface area contributed by atoms with Crippen molar-refractivity contribution in [3.8, 4) is 0 Å². The summed E-state index contributed by atoms with van der Waals surface area (Å²) in [5.41, 5.74) is 1.10. The van der Waals surface area contributed by atoms with E-state index in [0.29, 0.717) is 11.1 Å². The summed E-state index contributed by atoms with van der Waals surface area (Å²) < 4.78 is 0. The first-order valence-electron chi connectivity index (χ1n) is 9.25. The number of carbonyl (C=O) groups excluding carboxylic acids is 1. The quantitative estimate of drug-likeness (QED) is 0.384. The van der Waals surface area contributed by atoms with Crippen LogP contribution in [0.1, 0.15) is 33.1 Å². The molecule has 7 nitrogen and oxygen atoms in total. The molecule has 3 fully saturated rings. The second-order valence-electron chi connectivity index (χ2n) is 7.85. The Hall–Kier alpha value is -1.54. The number of rotatable bonds is 4. The lowest BCUT2D eigenvalue weighted by Gasteiger charge is -2.48. The fourth-order valence-electron chi connectivity index (χ4n) is 5.01. The largest absolute Gasteiger partial charge is 0.477 e. The number of carboxylic acid groups (broad SMARTS) is 1. The van der Waals surface area contributed by atoms with Crippen LogP contribution in [0, 0.1) is 17.2 Å². The van der Waals surface area contributed by atoms with Gasteiger partial charge in [0.1, 0.15) is 5.70 Å². The van der Waals surface area contributed by atoms with E-state index in [-0.39, 0.29) is 28.8 Å². The monoisotopic (exact) mass is 379 g/mol. The highest BCUT2D eigenvalue weighted by atomic mass is 32.2. The van der Waals surface area contributed by atoms with E-state index in [1.54, 1.807) is 13.8 Å². The van der Waals surface area contributed by atoms with Crippen LogP contribution in [0.2, 0.25) is 0 Å². The molecule has 0 aromatic rings. The smallest absolute Gasteiger partial charge is 0.352 e. The maximum atomic E-state index is 12.5. The van der Waals surface area contributed by atoms with Gasteiger partial charge in [-0.2, -0.15) is 0 Å². The first-order chi connectivity index (χ1) is 12.3. The van der Waals surface area contributed by atoms with Gasteiger partial charge >= 0.3 is 5.97 Å². The molecule has 2 saturated heterocycles. The van der Waals surface area contributed by atoms with Gasteiger partial charge in [-0.05, 0) is 32.3 Å². The molecular weight excluding hydrogens is 354 g/mol. The normalized spacial score (nSPS) is 34.8. The van der Waals surface area contributed by atoms with Crippen molar-refractivity contribution >= 4 is 29.5 Å². The second kappa shape index (κ2) is 6.27. The van der Waals surface area contributed by atoms with Gasteiger partial charge in [0.25, 0.3) is 0 Å². The lowest BCUT2D eigenvalue weighted by molar-refractivity contribution is -0.163. The molecule has 142 valence electrons. The zero-order valence-electron chi connectivity index (χ0n) is 15.0. The summed E-state index contributed by atoms with van der Waals surface area (Å²) in [4.78, 5) is 27.9. The third kappa shape index (κ3) is 2.49. The van der Waals surface area contributed by atoms with E-state index in [9.17, 15) is 19.8 Å². The first kappa shape index (κ1) is 17.9. The molecule has 0 aromatic carbocycles. The maximum Gasteiger partial charge on any atom is 0.352 e. The first-order valence-corrected chi connectivity index (χ1v) is 10.2. The van der Waals surface area contributed by atoms with Gasteiger partial charge in [0.15, 0.2) is 0 Å². The summed E-state index contributed by atoms with van der Waals surface area (Å²) in [6.45, 7) is 5.07. The molecule has 0 bridgehead atoms. The number of fused-ring (bicyclic) bond motifs is 3. The highest BCUT2D eigenvalue weighted by Gasteiger charge is 2.62. The molecule has 1 aliphatic carbocycles. The molecule has 0 radical (unpaired) electrons. The molecule has 4 aliphatic rings. The Morgan fingerprint density at radius 3 is 2.62 bits per heavy atom. The van der Waals surface area contributed by atoms with Crippen molar-refractivity contribution in [1.29, 1.82) is 5.41 Å². The number of nitrogens with zero attached hydrogens (tertiary/aromatic N) is 2. The number of carbonyl (C=O) groups is 2. The molecule has 0 unspecified atom stereocenters. The molecule has 3 aliphatic heterocycles. The third-order valence-corrected chi connectivity index (χ3v) is 7.75. The van der Waals surface area contributed by atoms with Gasteiger partial charge in [0, 0.05) is 29.5 Å². The average Bonchev–Trinajstić information content (AvgIpc) is 2.81. The molecule has 1 saturated carbocycles. The van der Waals surface area contributed by atoms with Crippen LogP contribution >= 0.6 is 11.8 Å². The predicted molar refractivity (Wildman–Crippen MR) is 97.9 cm³/mol. The Morgan fingerprint density at radius 2 is 2.04 bits per heavy atom. The lowest BCUT2D eigenvalue weighted by atomic mass is 9.72. The zero-order valence-corrected chi connectivity index (χ0v) is 15.8. The Morgan fingerprint density at radius 1 is 1.35 bits per heavy atom. The van der Waals surface area contributed by atoms with E-state index in [2.05, 4.69) is 0 Å². The molecule has 5 atom stereocenters. The highest BCUT2D eigenvalue weighted by Crippen LogP contribution is 2.54. The molecule has 0 aromatic heterocycles. The van der Waals surface area contributed by atoms with Crippen molar-refractivity contribution in [2.45, 2.75) is 55.8 Å². The third-order valence-electron chi connectivity index (χ3n) is 6.24. The van der Waals surface area contributed by atoms with E-state index in [1.165, 1.54) is 4.90 Å². The number of likely N-dealkylation sites (tertiary alicyclic amines) is 1. The minimum Gasteiger partial charge on any atom is -0.477 e. The van der Waals surface area contributed by atoms with Crippen molar-refractivity contribution in [2.24, 2.45) is 11.8 Å². The van der Waals surface area contributed by atoms with Gasteiger partial charge in [0.2, 0.25) is 5.91 Å². The van der Waals surface area contributed by atoms with E-state index in [0.717, 1.165) is 37.9 Å². The maximum absolute atomic E-state index is 12.5. The van der Waals surface area contributed by atoms with Crippen LogP contribution in [0.25, 0.3) is 0 Å². The second-order valence-corrected chi connectivity index (χ2v) is 9.36. The molecule has 8 heteroatoms. The summed E-state index contributed by atoms with van der Waals surface area (Å²) in [6, 6.07) is -0.186. The minimum atomic E-state index is -1.03. The standard InChI is InChI=1S/C18H25N3O4S/c1-8(22)13-15-11-4-3-5-12(26-10-6-20(7-10)9(2)19)14(11)16(18(24)25)21(15)17(13)23/h8,10-13,15,19,22H,3-7H2,1-2H3,(H,24,25)/t8-,11-,12+,13-,15-/m1/s1. The topological polar surface area (TPSA) is 105 Å². The number of nitrogens with one attached hydrogen (secondary N) is 1. The number of amides is 1. The fourth-order valence-corrected chi connectivity index (χ4v) is 6.74. The molecule has 1 amide bonds. The van der Waals surface area contributed by atoms with Crippen LogP contribution in [-0.2, 0) is 9.59 Å². The van der Waals surface area contributed by atoms with Crippen molar-refractivity contribution < 1.29 is 19.8 Å². The number of thioether (sulfide) groups is 1. The predicted octanol–water partition coefficient (Wildman–Crippen LogP) is 1.13. The van der Waals surface area contributed by atoms with Gasteiger partial charge in [-0.1, -0.05) is 6.42 Å². The number of aliphatic carboxylic acids is 1. The van der Waals surface area contributed by atoms with Crippen LogP contribution in [0.5, 0.6) is 0 Å². The number of hydrogen-bond donors (Lipinski definition) is 3. The Bertz CT molecular complexity index is 701. The number of hydrogen-bond acceptors (Lipinski definition) is 5. The van der Waals surface area contributed by atoms with Gasteiger partial charge < -0.3 is 20.0 Å². The minimum absolute atomic E-state index is 0.0605. The molecular formula is C18H25N3O4S. The van der Waals surface area contributed by atoms with Gasteiger partial charge in [-0.3, -0.25) is 10.2 Å². The lowest BCUT2D eigenvalue weighted by Crippen LogP contribution is -2.64. The SMILES string of the molecule is CC(=N)N1CC(S[C@H]2CCC[C@@H]3C2=C(C(=O)O)N2C(=O)[C@H]([C@@H](C)O)[C@@H]32)C1. The van der Waals surface area contributed by atoms with Crippen LogP contribution < -0.4 is 0 Å². The van der Waals surface area contributed by atoms with Crippen molar-refractivity contribution in [2.75, 3.05) is 13.1 Å². The van der Waals surface area contributed by atoms with Crippen LogP contribution in [0.4, 0.5) is 0 Å². The number of aliphatic hydroxyl groups excluding tert-OH is 1. The van der Waals surface area contributed by atoms with E-state index in [4.69, 9.17) is 5.41 Å². The van der Waals surface area contributed by atoms with Crippen LogP contribution in [0.15, 0.2) is 11.3 Å². The van der Waals surface area contributed by atoms with Crippen molar-refractivity contribution in [3.63, 3.8) is 0 Å². The van der Waals surface area contributed by atoms with E-state index >= 15 is 0 Å². The van der Waals surface area contributed by atoms with Crippen molar-refractivity contribution in [3.05, 3.63) is 11.3 Å². The Balaban J connectivity index is 1.58. The van der Waals surface area contributed by atoms with E-state index < -0.39 is 18.0 Å². The Labute approximate surface area is 156 Å². The summed E-state index contributed by atoms with van der Waals surface area (Å²) >= 11 is 1.81. The number of β-lactam (4-membered cyclic amide) rings is 1. The molecule has 4 rings (SSSR count). The zero-order chi connectivity index (χ0) is 18.7. The van der Waals surface area contributed by atoms with Crippen molar-refractivity contribution in [1.82, 2.24) is 9.80 Å². The Kier molecular flexibility index (Phi) is 4.30. The average molecular weight is 379 g/mol. The highest BCUT2D eigenvalue weighted by molar-refractivity contribution is 8.00. The summed E-state index contributed by atoms with van der Waals surface area (Å²) in [6.07, 6.45) is 2.09. The number of carboxylic acids is 1. The molecule has 3 N–H and O–H groups in total. The van der Waals surface area contributed by atoms with Crippen LogP contribution in [-0.4, -0.2) is 73.5 Å². The summed E-state index contributed by atoms with van der Waals surface area (Å²) in [5, 5.41) is 28.0. The van der Waals surface area contributed by atoms with Gasteiger partial charge in [-0.15, -0.1) is 11.8 Å². The van der Waals surface area contributed by atoms with Gasteiger partial charge in [0.05, 0.1) is 23.9 Å². The molecule has 0 spiro atoms. The van der Waals surface area contributed by atoms with E-state index in [1.807, 2.05) is 16.7 Å². The summed E-state index contributed by atoms with van der Waals surface area (Å²) in [5.74, 6) is -1.12. The summed E-state index contributed by atoms with van der Waals surface area (Å²) in [7, 11) is 0. The molecule has 3 heterocycles. The molecule has 26 heavy (non-hydrogen) atoms. The fraction of sp³-hybridized carbons (Fsp3) is 0.722. The number of aliphatic hydroxyl groups is 1. The number of amidine groups is 1.